The number of halogens is 1. The van der Waals surface area contributed by atoms with E-state index in [0.717, 1.165) is 83.5 Å². The van der Waals surface area contributed by atoms with Gasteiger partial charge >= 0.3 is 0 Å². The highest BCUT2D eigenvalue weighted by Gasteiger charge is 2.61. The van der Waals surface area contributed by atoms with Crippen molar-refractivity contribution in [3.8, 4) is 0 Å². The van der Waals surface area contributed by atoms with Crippen molar-refractivity contribution >= 4 is 23.4 Å². The fourth-order valence-electron chi connectivity index (χ4n) is 6.42. The molecular weight excluding hydrogens is 458 g/mol. The van der Waals surface area contributed by atoms with Gasteiger partial charge in [0, 0.05) is 56.8 Å². The molecule has 35 heavy (non-hydrogen) atoms. The number of rotatable bonds is 5. The molecule has 0 N–H and O–H groups in total. The number of hydrogen-bond donors (Lipinski definition) is 0. The SMILES string of the molecule is O=C([C@@H]1CC12CCN(C(=O)C1(c3ccc(Cl)cc3)CC1)CC2)N1CCN(Cc2ccccc2)CC1. The van der Waals surface area contributed by atoms with Crippen molar-refractivity contribution < 1.29 is 9.59 Å². The third-order valence-electron chi connectivity index (χ3n) is 9.02. The summed E-state index contributed by atoms with van der Waals surface area (Å²) < 4.78 is 0. The number of nitrogens with zero attached hydrogens (tertiary/aromatic N) is 3. The molecule has 4 fully saturated rings. The van der Waals surface area contributed by atoms with E-state index >= 15 is 0 Å². The number of piperidine rings is 1. The Bertz CT molecular complexity index is 1080. The summed E-state index contributed by atoms with van der Waals surface area (Å²) in [6, 6.07) is 18.4. The Balaban J connectivity index is 1.000. The Kier molecular flexibility index (Phi) is 5.89. The molecule has 0 bridgehead atoms. The smallest absolute Gasteiger partial charge is 0.233 e. The first-order valence-corrected chi connectivity index (χ1v) is 13.5. The van der Waals surface area contributed by atoms with Crippen LogP contribution in [0.2, 0.25) is 5.02 Å². The molecule has 2 aliphatic heterocycles. The molecule has 2 heterocycles. The highest BCUT2D eigenvalue weighted by Crippen LogP contribution is 2.60. The van der Waals surface area contributed by atoms with Crippen LogP contribution in [-0.4, -0.2) is 65.8 Å². The molecular formula is C29H34ClN3O2. The molecule has 2 aromatic rings. The summed E-state index contributed by atoms with van der Waals surface area (Å²) in [5, 5.41) is 0.707. The van der Waals surface area contributed by atoms with Crippen molar-refractivity contribution in [2.24, 2.45) is 11.3 Å². The van der Waals surface area contributed by atoms with E-state index in [9.17, 15) is 9.59 Å². The molecule has 6 rings (SSSR count). The van der Waals surface area contributed by atoms with Crippen LogP contribution in [0.25, 0.3) is 0 Å². The van der Waals surface area contributed by atoms with E-state index in [1.54, 1.807) is 0 Å². The maximum atomic E-state index is 13.4. The predicted molar refractivity (Wildman–Crippen MR) is 137 cm³/mol. The van der Waals surface area contributed by atoms with Gasteiger partial charge in [-0.25, -0.2) is 0 Å². The molecule has 0 radical (unpaired) electrons. The lowest BCUT2D eigenvalue weighted by atomic mass is 9.88. The fraction of sp³-hybridized carbons (Fsp3) is 0.517. The number of amides is 2. The van der Waals surface area contributed by atoms with Crippen LogP contribution in [0, 0.1) is 11.3 Å². The van der Waals surface area contributed by atoms with Crippen LogP contribution in [0.5, 0.6) is 0 Å². The van der Waals surface area contributed by atoms with Crippen molar-refractivity contribution in [2.75, 3.05) is 39.3 Å². The zero-order chi connectivity index (χ0) is 24.0. The molecule has 2 amide bonds. The van der Waals surface area contributed by atoms with Crippen LogP contribution >= 0.6 is 11.6 Å². The van der Waals surface area contributed by atoms with Gasteiger partial charge in [-0.3, -0.25) is 14.5 Å². The molecule has 6 heteroatoms. The Morgan fingerprint density at radius 3 is 2.09 bits per heavy atom. The van der Waals surface area contributed by atoms with Gasteiger partial charge in [-0.1, -0.05) is 54.1 Å². The molecule has 0 unspecified atom stereocenters. The van der Waals surface area contributed by atoms with Crippen molar-refractivity contribution in [1.82, 2.24) is 14.7 Å². The molecule has 4 aliphatic rings. The largest absolute Gasteiger partial charge is 0.342 e. The minimum Gasteiger partial charge on any atom is -0.342 e. The lowest BCUT2D eigenvalue weighted by Crippen LogP contribution is -2.49. The highest BCUT2D eigenvalue weighted by atomic mass is 35.5. The van der Waals surface area contributed by atoms with Crippen LogP contribution in [0.15, 0.2) is 54.6 Å². The van der Waals surface area contributed by atoms with E-state index in [0.29, 0.717) is 10.9 Å². The molecule has 2 saturated heterocycles. The van der Waals surface area contributed by atoms with Crippen LogP contribution in [-0.2, 0) is 21.5 Å². The van der Waals surface area contributed by atoms with Gasteiger partial charge in [0.2, 0.25) is 11.8 Å². The minimum atomic E-state index is -0.340. The summed E-state index contributed by atoms with van der Waals surface area (Å²) in [7, 11) is 0. The zero-order valence-electron chi connectivity index (χ0n) is 20.3. The average Bonchev–Trinajstić information content (AvgIpc) is 3.82. The van der Waals surface area contributed by atoms with Gasteiger partial charge in [0.15, 0.2) is 0 Å². The second-order valence-corrected chi connectivity index (χ2v) is 11.5. The van der Waals surface area contributed by atoms with E-state index in [1.165, 1.54) is 5.56 Å². The van der Waals surface area contributed by atoms with Crippen LogP contribution in [0.3, 0.4) is 0 Å². The van der Waals surface area contributed by atoms with Crippen LogP contribution < -0.4 is 0 Å². The Hall–Kier alpha value is -2.37. The second-order valence-electron chi connectivity index (χ2n) is 11.1. The summed E-state index contributed by atoms with van der Waals surface area (Å²) in [6.07, 6.45) is 4.76. The maximum absolute atomic E-state index is 13.4. The van der Waals surface area contributed by atoms with Gasteiger partial charge in [0.1, 0.15) is 0 Å². The average molecular weight is 492 g/mol. The number of carbonyl (C=O) groups is 2. The predicted octanol–water partition coefficient (Wildman–Crippen LogP) is 4.34. The first-order valence-electron chi connectivity index (χ1n) is 13.1. The monoisotopic (exact) mass is 491 g/mol. The summed E-state index contributed by atoms with van der Waals surface area (Å²) in [5.74, 6) is 0.781. The van der Waals surface area contributed by atoms with Gasteiger partial charge in [-0.2, -0.15) is 0 Å². The van der Waals surface area contributed by atoms with Crippen LogP contribution in [0.4, 0.5) is 0 Å². The highest BCUT2D eigenvalue weighted by molar-refractivity contribution is 6.30. The quantitative estimate of drug-likeness (QED) is 0.624. The molecule has 1 atom stereocenters. The summed E-state index contributed by atoms with van der Waals surface area (Å²) in [6.45, 7) is 6.05. The number of piperazine rings is 1. The number of hydrogen-bond acceptors (Lipinski definition) is 3. The van der Waals surface area contributed by atoms with Gasteiger partial charge in [-0.05, 0) is 60.8 Å². The molecule has 2 saturated carbocycles. The fourth-order valence-corrected chi connectivity index (χ4v) is 6.54. The normalized spacial score (nSPS) is 24.9. The van der Waals surface area contributed by atoms with Gasteiger partial charge in [0.25, 0.3) is 0 Å². The zero-order valence-corrected chi connectivity index (χ0v) is 21.1. The van der Waals surface area contributed by atoms with E-state index < -0.39 is 0 Å². The van der Waals surface area contributed by atoms with Gasteiger partial charge in [0.05, 0.1) is 5.41 Å². The number of carbonyl (C=O) groups excluding carboxylic acids is 2. The number of likely N-dealkylation sites (tertiary alicyclic amines) is 1. The Labute approximate surface area is 213 Å². The van der Waals surface area contributed by atoms with E-state index in [2.05, 4.69) is 45.0 Å². The molecule has 2 aliphatic carbocycles. The Morgan fingerprint density at radius 2 is 1.46 bits per heavy atom. The Morgan fingerprint density at radius 1 is 0.800 bits per heavy atom. The van der Waals surface area contributed by atoms with Crippen molar-refractivity contribution in [3.63, 3.8) is 0 Å². The summed E-state index contributed by atoms with van der Waals surface area (Å²) >= 11 is 6.06. The van der Waals surface area contributed by atoms with E-state index in [1.807, 2.05) is 24.3 Å². The van der Waals surface area contributed by atoms with Crippen LogP contribution in [0.1, 0.15) is 43.2 Å². The van der Waals surface area contributed by atoms with Crippen molar-refractivity contribution in [1.29, 1.82) is 0 Å². The summed E-state index contributed by atoms with van der Waals surface area (Å²) in [5.41, 5.74) is 2.22. The maximum Gasteiger partial charge on any atom is 0.233 e. The lowest BCUT2D eigenvalue weighted by molar-refractivity contribution is -0.137. The van der Waals surface area contributed by atoms with Gasteiger partial charge < -0.3 is 9.80 Å². The van der Waals surface area contributed by atoms with Crippen molar-refractivity contribution in [3.05, 3.63) is 70.7 Å². The third kappa shape index (κ3) is 4.38. The second kappa shape index (κ2) is 8.94. The third-order valence-corrected chi connectivity index (χ3v) is 9.28. The first-order chi connectivity index (χ1) is 17.0. The van der Waals surface area contributed by atoms with Gasteiger partial charge in [-0.15, -0.1) is 0 Å². The molecule has 2 aromatic carbocycles. The molecule has 184 valence electrons. The molecule has 1 spiro atoms. The van der Waals surface area contributed by atoms with E-state index in [-0.39, 0.29) is 22.7 Å². The topological polar surface area (TPSA) is 43.9 Å². The van der Waals surface area contributed by atoms with Crippen molar-refractivity contribution in [2.45, 2.75) is 44.1 Å². The number of benzene rings is 2. The first kappa shape index (κ1) is 23.1. The minimum absolute atomic E-state index is 0.131. The molecule has 5 nitrogen and oxygen atoms in total. The summed E-state index contributed by atoms with van der Waals surface area (Å²) in [4.78, 5) is 33.4. The van der Waals surface area contributed by atoms with E-state index in [4.69, 9.17) is 11.6 Å². The standard InChI is InChI=1S/C29H34ClN3O2/c30-24-8-6-23(7-9-24)29(10-11-29)27(35)33-14-12-28(13-15-33)20-25(28)26(34)32-18-16-31(17-19-32)21-22-4-2-1-3-5-22/h1-9,25H,10-21H2/t25-/m0/s1. The lowest BCUT2D eigenvalue weighted by Gasteiger charge is -2.37. The molecule has 0 aromatic heterocycles.